The van der Waals surface area contributed by atoms with E-state index in [1.807, 2.05) is 35.8 Å². The number of hydrogen-bond donors (Lipinski definition) is 1. The quantitative estimate of drug-likeness (QED) is 0.251. The largest absolute Gasteiger partial charge is 0.369 e. The summed E-state index contributed by atoms with van der Waals surface area (Å²) >= 11 is 4.65. The lowest BCUT2D eigenvalue weighted by Gasteiger charge is -2.32. The van der Waals surface area contributed by atoms with E-state index in [9.17, 15) is 4.79 Å². The van der Waals surface area contributed by atoms with E-state index in [4.69, 9.17) is 9.72 Å². The maximum atomic E-state index is 12.7. The third-order valence-corrected chi connectivity index (χ3v) is 9.14. The highest BCUT2D eigenvalue weighted by atomic mass is 32.2. The van der Waals surface area contributed by atoms with Crippen LogP contribution in [0.15, 0.2) is 40.6 Å². The van der Waals surface area contributed by atoms with Crippen molar-refractivity contribution in [3.63, 3.8) is 0 Å². The monoisotopic (exact) mass is 527 g/mol. The SMILES string of the molecule is CC[C@]1(C)Cc2c(sc3nc(SC)n4c(SCC(=O)N[C@@H](C)Cc5ccccc5)nnc4c23)CO1. The lowest BCUT2D eigenvalue weighted by Crippen LogP contribution is -2.35. The van der Waals surface area contributed by atoms with Gasteiger partial charge in [0.05, 0.1) is 23.3 Å². The first-order chi connectivity index (χ1) is 16.9. The van der Waals surface area contributed by atoms with Crippen LogP contribution in [0.1, 0.15) is 43.2 Å². The summed E-state index contributed by atoms with van der Waals surface area (Å²) in [7, 11) is 0. The van der Waals surface area contributed by atoms with Crippen molar-refractivity contribution in [3.8, 4) is 0 Å². The second-order valence-electron chi connectivity index (χ2n) is 9.14. The minimum atomic E-state index is -0.178. The molecule has 3 aromatic heterocycles. The van der Waals surface area contributed by atoms with Crippen LogP contribution in [0, 0.1) is 0 Å². The highest BCUT2D eigenvalue weighted by Gasteiger charge is 2.33. The van der Waals surface area contributed by atoms with Gasteiger partial charge in [-0.2, -0.15) is 0 Å². The number of thioether (sulfide) groups is 2. The summed E-state index contributed by atoms with van der Waals surface area (Å²) in [6.45, 7) is 6.97. The molecule has 1 amide bonds. The van der Waals surface area contributed by atoms with Gasteiger partial charge in [-0.05, 0) is 44.1 Å². The zero-order valence-corrected chi connectivity index (χ0v) is 22.8. The van der Waals surface area contributed by atoms with E-state index in [0.717, 1.165) is 40.3 Å². The van der Waals surface area contributed by atoms with Crippen molar-refractivity contribution in [3.05, 3.63) is 46.3 Å². The lowest BCUT2D eigenvalue weighted by molar-refractivity contribution is -0.119. The highest BCUT2D eigenvalue weighted by molar-refractivity contribution is 8.00. The topological polar surface area (TPSA) is 81.4 Å². The predicted octanol–water partition coefficient (Wildman–Crippen LogP) is 5.14. The summed E-state index contributed by atoms with van der Waals surface area (Å²) in [5.41, 5.74) is 3.13. The number of thiophene rings is 1. The summed E-state index contributed by atoms with van der Waals surface area (Å²) in [6.07, 6.45) is 4.59. The molecular weight excluding hydrogens is 499 g/mol. The van der Waals surface area contributed by atoms with Crippen LogP contribution in [0.25, 0.3) is 15.9 Å². The van der Waals surface area contributed by atoms with Gasteiger partial charge in [0.15, 0.2) is 16.0 Å². The molecule has 0 saturated heterocycles. The van der Waals surface area contributed by atoms with Gasteiger partial charge >= 0.3 is 0 Å². The van der Waals surface area contributed by atoms with Crippen molar-refractivity contribution in [2.45, 2.75) is 68.6 Å². The smallest absolute Gasteiger partial charge is 0.230 e. The van der Waals surface area contributed by atoms with Gasteiger partial charge in [-0.3, -0.25) is 4.79 Å². The Labute approximate surface area is 217 Å². The van der Waals surface area contributed by atoms with Gasteiger partial charge in [0.2, 0.25) is 5.91 Å². The van der Waals surface area contributed by atoms with Crippen molar-refractivity contribution >= 4 is 56.6 Å². The van der Waals surface area contributed by atoms with Crippen molar-refractivity contribution in [1.82, 2.24) is 24.9 Å². The van der Waals surface area contributed by atoms with Crippen LogP contribution < -0.4 is 5.32 Å². The molecule has 7 nitrogen and oxygen atoms in total. The van der Waals surface area contributed by atoms with E-state index in [0.29, 0.717) is 11.8 Å². The Kier molecular flexibility index (Phi) is 7.07. The van der Waals surface area contributed by atoms with Crippen LogP contribution in [-0.4, -0.2) is 49.1 Å². The number of benzene rings is 1. The Morgan fingerprint density at radius 3 is 2.83 bits per heavy atom. The van der Waals surface area contributed by atoms with Gasteiger partial charge in [0.25, 0.3) is 0 Å². The minimum absolute atomic E-state index is 0.0151. The van der Waals surface area contributed by atoms with E-state index in [1.54, 1.807) is 23.1 Å². The molecule has 0 spiro atoms. The Hall–Kier alpha value is -2.14. The number of rotatable bonds is 8. The molecular formula is C25H29N5O2S3. The molecule has 0 fully saturated rings. The molecule has 1 aliphatic heterocycles. The highest BCUT2D eigenvalue weighted by Crippen LogP contribution is 2.42. The first kappa shape index (κ1) is 24.5. The van der Waals surface area contributed by atoms with Crippen LogP contribution in [0.4, 0.5) is 0 Å². The summed E-state index contributed by atoms with van der Waals surface area (Å²) in [5, 5.41) is 14.7. The second kappa shape index (κ2) is 10.1. The number of ether oxygens (including phenoxy) is 1. The van der Waals surface area contributed by atoms with Gasteiger partial charge in [0, 0.05) is 17.3 Å². The number of carbonyl (C=O) groups is 1. The fraction of sp³-hybridized carbons (Fsp3) is 0.440. The summed E-state index contributed by atoms with van der Waals surface area (Å²) in [6, 6.07) is 10.2. The van der Waals surface area contributed by atoms with Gasteiger partial charge in [-0.1, -0.05) is 60.8 Å². The van der Waals surface area contributed by atoms with Crippen molar-refractivity contribution in [2.24, 2.45) is 0 Å². The number of fused-ring (bicyclic) bond motifs is 5. The molecule has 0 saturated carbocycles. The zero-order chi connectivity index (χ0) is 24.6. The summed E-state index contributed by atoms with van der Waals surface area (Å²) in [4.78, 5) is 19.8. The molecule has 1 aliphatic rings. The molecule has 184 valence electrons. The number of nitrogens with one attached hydrogen (secondary N) is 1. The molecule has 4 heterocycles. The zero-order valence-electron chi connectivity index (χ0n) is 20.3. The molecule has 0 bridgehead atoms. The Morgan fingerprint density at radius 2 is 2.09 bits per heavy atom. The molecule has 2 atom stereocenters. The molecule has 0 aliphatic carbocycles. The van der Waals surface area contributed by atoms with Crippen LogP contribution in [0.2, 0.25) is 0 Å². The Morgan fingerprint density at radius 1 is 1.29 bits per heavy atom. The minimum Gasteiger partial charge on any atom is -0.369 e. The third-order valence-electron chi connectivity index (χ3n) is 6.47. The average Bonchev–Trinajstić information content (AvgIpc) is 3.43. The number of amides is 1. The van der Waals surface area contributed by atoms with Crippen LogP contribution in [0.3, 0.4) is 0 Å². The van der Waals surface area contributed by atoms with Gasteiger partial charge < -0.3 is 10.1 Å². The van der Waals surface area contributed by atoms with Gasteiger partial charge in [0.1, 0.15) is 4.83 Å². The van der Waals surface area contributed by atoms with Crippen LogP contribution in [-0.2, 0) is 29.0 Å². The predicted molar refractivity (Wildman–Crippen MR) is 144 cm³/mol. The fourth-order valence-corrected chi connectivity index (χ4v) is 6.93. The molecule has 0 unspecified atom stereocenters. The summed E-state index contributed by atoms with van der Waals surface area (Å²) in [5.74, 6) is 0.258. The lowest BCUT2D eigenvalue weighted by atomic mass is 9.90. The van der Waals surface area contributed by atoms with Gasteiger partial charge in [-0.25, -0.2) is 9.38 Å². The first-order valence-corrected chi connectivity index (χ1v) is 14.8. The second-order valence-corrected chi connectivity index (χ2v) is 11.9. The van der Waals surface area contributed by atoms with E-state index in [1.165, 1.54) is 27.8 Å². The maximum Gasteiger partial charge on any atom is 0.230 e. The van der Waals surface area contributed by atoms with E-state index >= 15 is 0 Å². The fourth-order valence-electron chi connectivity index (χ4n) is 4.44. The van der Waals surface area contributed by atoms with E-state index < -0.39 is 0 Å². The van der Waals surface area contributed by atoms with E-state index in [2.05, 4.69) is 41.5 Å². The van der Waals surface area contributed by atoms with Crippen LogP contribution in [0.5, 0.6) is 0 Å². The van der Waals surface area contributed by atoms with Crippen molar-refractivity contribution < 1.29 is 9.53 Å². The maximum absolute atomic E-state index is 12.7. The molecule has 1 N–H and O–H groups in total. The van der Waals surface area contributed by atoms with Crippen LogP contribution >= 0.6 is 34.9 Å². The Balaban J connectivity index is 1.38. The van der Waals surface area contributed by atoms with Crippen molar-refractivity contribution in [2.75, 3.05) is 12.0 Å². The van der Waals surface area contributed by atoms with Gasteiger partial charge in [-0.15, -0.1) is 21.5 Å². The Bertz CT molecular complexity index is 1370. The molecule has 4 aromatic rings. The third kappa shape index (κ3) is 4.94. The first-order valence-electron chi connectivity index (χ1n) is 11.7. The molecule has 5 rings (SSSR count). The number of carbonyl (C=O) groups excluding carboxylic acids is 1. The van der Waals surface area contributed by atoms with Crippen molar-refractivity contribution in [1.29, 1.82) is 0 Å². The number of aromatic nitrogens is 4. The normalized spacial score (nSPS) is 18.6. The average molecular weight is 528 g/mol. The van der Waals surface area contributed by atoms with E-state index in [-0.39, 0.29) is 23.3 Å². The molecule has 35 heavy (non-hydrogen) atoms. The molecule has 0 radical (unpaired) electrons. The molecule has 10 heteroatoms. The standard InChI is InChI=1S/C25H29N5O2S3/c1-5-25(3)12-17-18(13-32-25)35-22-20(17)21-28-29-24(30(21)23(27-22)33-4)34-14-19(31)26-15(2)11-16-9-7-6-8-10-16/h6-10,15H,5,11-14H2,1-4H3,(H,26,31)/t15-,25+/m0/s1. The summed E-state index contributed by atoms with van der Waals surface area (Å²) < 4.78 is 8.17. The number of nitrogens with zero attached hydrogens (tertiary/aromatic N) is 4. The molecule has 1 aromatic carbocycles. The number of hydrogen-bond acceptors (Lipinski definition) is 8.